The van der Waals surface area contributed by atoms with Gasteiger partial charge in [-0.25, -0.2) is 4.39 Å². The molecule has 104 valence electrons. The van der Waals surface area contributed by atoms with E-state index in [0.29, 0.717) is 10.7 Å². The summed E-state index contributed by atoms with van der Waals surface area (Å²) in [6, 6.07) is 13.0. The number of alkyl halides is 1. The van der Waals surface area contributed by atoms with Crippen molar-refractivity contribution in [2.24, 2.45) is 0 Å². The number of carbonyl (C=O) groups is 1. The zero-order chi connectivity index (χ0) is 14.5. The SMILES string of the molecule is O=C(CCl)N(Cc1cccc(Cl)c1)c1cccc(F)c1. The maximum atomic E-state index is 13.3. The number of nitrogens with zero attached hydrogens (tertiary/aromatic N) is 1. The van der Waals surface area contributed by atoms with Crippen molar-refractivity contribution >= 4 is 34.8 Å². The largest absolute Gasteiger partial charge is 0.307 e. The fraction of sp³-hybridized carbons (Fsp3) is 0.133. The number of anilines is 1. The second-order valence-electron chi connectivity index (χ2n) is 4.22. The molecule has 20 heavy (non-hydrogen) atoms. The molecule has 0 bridgehead atoms. The number of halogens is 3. The van der Waals surface area contributed by atoms with E-state index in [4.69, 9.17) is 23.2 Å². The predicted molar refractivity (Wildman–Crippen MR) is 79.8 cm³/mol. The Morgan fingerprint density at radius 3 is 2.55 bits per heavy atom. The molecule has 1 amide bonds. The van der Waals surface area contributed by atoms with E-state index >= 15 is 0 Å². The van der Waals surface area contributed by atoms with Gasteiger partial charge in [0.05, 0.1) is 6.54 Å². The molecule has 5 heteroatoms. The molecule has 0 aromatic heterocycles. The summed E-state index contributed by atoms with van der Waals surface area (Å²) in [5.74, 6) is -0.866. The van der Waals surface area contributed by atoms with E-state index in [0.717, 1.165) is 5.56 Å². The third-order valence-electron chi connectivity index (χ3n) is 2.76. The summed E-state index contributed by atoms with van der Waals surface area (Å²) >= 11 is 11.5. The van der Waals surface area contributed by atoms with Crippen LogP contribution < -0.4 is 4.90 Å². The number of hydrogen-bond acceptors (Lipinski definition) is 1. The molecule has 0 saturated heterocycles. The van der Waals surface area contributed by atoms with Crippen LogP contribution in [0.15, 0.2) is 48.5 Å². The molecule has 0 aliphatic rings. The van der Waals surface area contributed by atoms with Crippen LogP contribution in [-0.4, -0.2) is 11.8 Å². The molecule has 2 aromatic rings. The molecule has 2 aromatic carbocycles. The molecule has 2 nitrogen and oxygen atoms in total. The molecular weight excluding hydrogens is 300 g/mol. The summed E-state index contributed by atoms with van der Waals surface area (Å²) in [5, 5.41) is 0.583. The van der Waals surface area contributed by atoms with Gasteiger partial charge in [0.2, 0.25) is 5.91 Å². The molecule has 0 saturated carbocycles. The van der Waals surface area contributed by atoms with Crippen LogP contribution in [0.4, 0.5) is 10.1 Å². The quantitative estimate of drug-likeness (QED) is 0.773. The van der Waals surface area contributed by atoms with Crippen molar-refractivity contribution in [3.8, 4) is 0 Å². The molecule has 0 unspecified atom stereocenters. The lowest BCUT2D eigenvalue weighted by Gasteiger charge is -2.22. The van der Waals surface area contributed by atoms with E-state index < -0.39 is 5.82 Å². The monoisotopic (exact) mass is 311 g/mol. The van der Waals surface area contributed by atoms with Gasteiger partial charge in [-0.15, -0.1) is 11.6 Å². The highest BCUT2D eigenvalue weighted by atomic mass is 35.5. The van der Waals surface area contributed by atoms with Crippen LogP contribution in [-0.2, 0) is 11.3 Å². The first-order valence-electron chi connectivity index (χ1n) is 5.96. The Kier molecular flexibility index (Phi) is 4.99. The van der Waals surface area contributed by atoms with Gasteiger partial charge in [-0.1, -0.05) is 29.8 Å². The minimum atomic E-state index is -0.402. The van der Waals surface area contributed by atoms with Gasteiger partial charge in [0.15, 0.2) is 0 Å². The number of hydrogen-bond donors (Lipinski definition) is 0. The highest BCUT2D eigenvalue weighted by molar-refractivity contribution is 6.30. The summed E-state index contributed by atoms with van der Waals surface area (Å²) in [6.07, 6.45) is 0. The second-order valence-corrected chi connectivity index (χ2v) is 4.93. The minimum absolute atomic E-state index is 0.170. The van der Waals surface area contributed by atoms with Gasteiger partial charge in [-0.05, 0) is 35.9 Å². The first-order chi connectivity index (χ1) is 9.60. The summed E-state index contributed by atoms with van der Waals surface area (Å²) in [6.45, 7) is 0.287. The lowest BCUT2D eigenvalue weighted by atomic mass is 10.2. The molecule has 0 spiro atoms. The van der Waals surface area contributed by atoms with Crippen LogP contribution in [0.3, 0.4) is 0 Å². The maximum Gasteiger partial charge on any atom is 0.242 e. The van der Waals surface area contributed by atoms with E-state index in [1.807, 2.05) is 6.07 Å². The molecule has 0 atom stereocenters. The summed E-state index contributed by atoms with van der Waals surface area (Å²) < 4.78 is 13.3. The fourth-order valence-corrected chi connectivity index (χ4v) is 2.21. The van der Waals surface area contributed by atoms with Crippen molar-refractivity contribution in [2.45, 2.75) is 6.54 Å². The molecule has 0 N–H and O–H groups in total. The van der Waals surface area contributed by atoms with Gasteiger partial charge in [0.25, 0.3) is 0 Å². The third-order valence-corrected chi connectivity index (χ3v) is 3.23. The topological polar surface area (TPSA) is 20.3 Å². The molecular formula is C15H12Cl2FNO. The second kappa shape index (κ2) is 6.73. The highest BCUT2D eigenvalue weighted by Crippen LogP contribution is 2.20. The molecule has 0 aliphatic heterocycles. The molecule has 0 heterocycles. The van der Waals surface area contributed by atoms with E-state index in [9.17, 15) is 9.18 Å². The average molecular weight is 312 g/mol. The fourth-order valence-electron chi connectivity index (χ4n) is 1.86. The van der Waals surface area contributed by atoms with E-state index in [1.54, 1.807) is 30.3 Å². The van der Waals surface area contributed by atoms with Crippen LogP contribution in [0.2, 0.25) is 5.02 Å². The Labute approximate surface area is 126 Å². The Balaban J connectivity index is 2.31. The zero-order valence-corrected chi connectivity index (χ0v) is 12.0. The van der Waals surface area contributed by atoms with Crippen molar-refractivity contribution in [2.75, 3.05) is 10.8 Å². The average Bonchev–Trinajstić information content (AvgIpc) is 2.44. The number of benzene rings is 2. The van der Waals surface area contributed by atoms with Gasteiger partial charge in [-0.3, -0.25) is 4.79 Å². The lowest BCUT2D eigenvalue weighted by Crippen LogP contribution is -2.31. The predicted octanol–water partition coefficient (Wildman–Crippen LogP) is 4.25. The van der Waals surface area contributed by atoms with E-state index in [2.05, 4.69) is 0 Å². The van der Waals surface area contributed by atoms with Crippen molar-refractivity contribution in [3.05, 3.63) is 64.9 Å². The van der Waals surface area contributed by atoms with Crippen molar-refractivity contribution in [3.63, 3.8) is 0 Å². The van der Waals surface area contributed by atoms with Crippen molar-refractivity contribution < 1.29 is 9.18 Å². The minimum Gasteiger partial charge on any atom is -0.307 e. The normalized spacial score (nSPS) is 10.3. The number of amides is 1. The smallest absolute Gasteiger partial charge is 0.242 e. The van der Waals surface area contributed by atoms with Crippen LogP contribution >= 0.6 is 23.2 Å². The van der Waals surface area contributed by atoms with Crippen LogP contribution in [0.25, 0.3) is 0 Å². The van der Waals surface area contributed by atoms with Gasteiger partial charge in [-0.2, -0.15) is 0 Å². The van der Waals surface area contributed by atoms with Crippen molar-refractivity contribution in [1.82, 2.24) is 0 Å². The number of carbonyl (C=O) groups excluding carboxylic acids is 1. The lowest BCUT2D eigenvalue weighted by molar-refractivity contribution is -0.116. The summed E-state index contributed by atoms with van der Waals surface area (Å²) in [7, 11) is 0. The van der Waals surface area contributed by atoms with Gasteiger partial charge < -0.3 is 4.90 Å². The zero-order valence-electron chi connectivity index (χ0n) is 10.5. The van der Waals surface area contributed by atoms with Crippen LogP contribution in [0.5, 0.6) is 0 Å². The third kappa shape index (κ3) is 3.71. The molecule has 0 radical (unpaired) electrons. The first-order valence-corrected chi connectivity index (χ1v) is 6.88. The Morgan fingerprint density at radius 1 is 1.15 bits per heavy atom. The molecule has 0 aliphatic carbocycles. The van der Waals surface area contributed by atoms with Gasteiger partial charge in [0, 0.05) is 10.7 Å². The van der Waals surface area contributed by atoms with E-state index in [1.165, 1.54) is 17.0 Å². The molecule has 2 rings (SSSR count). The standard InChI is InChI=1S/C15H12Cl2FNO/c16-9-15(20)19(14-6-2-5-13(18)8-14)10-11-3-1-4-12(17)7-11/h1-8H,9-10H2. The molecule has 0 fully saturated rings. The maximum absolute atomic E-state index is 13.3. The van der Waals surface area contributed by atoms with Gasteiger partial charge >= 0.3 is 0 Å². The highest BCUT2D eigenvalue weighted by Gasteiger charge is 2.15. The van der Waals surface area contributed by atoms with Crippen LogP contribution in [0.1, 0.15) is 5.56 Å². The van der Waals surface area contributed by atoms with E-state index in [-0.39, 0.29) is 18.3 Å². The van der Waals surface area contributed by atoms with Crippen LogP contribution in [0, 0.1) is 5.82 Å². The summed E-state index contributed by atoms with van der Waals surface area (Å²) in [5.41, 5.74) is 1.32. The first kappa shape index (κ1) is 14.8. The Morgan fingerprint density at radius 2 is 1.90 bits per heavy atom. The summed E-state index contributed by atoms with van der Waals surface area (Å²) in [4.78, 5) is 13.4. The van der Waals surface area contributed by atoms with Gasteiger partial charge in [0.1, 0.15) is 11.7 Å². The Hall–Kier alpha value is -1.58. The Bertz CT molecular complexity index is 618. The van der Waals surface area contributed by atoms with Crippen molar-refractivity contribution in [1.29, 1.82) is 0 Å². The number of rotatable bonds is 4.